The molecule has 0 aliphatic carbocycles. The highest BCUT2D eigenvalue weighted by Gasteiger charge is 2.15. The van der Waals surface area contributed by atoms with E-state index in [0.29, 0.717) is 16.2 Å². The van der Waals surface area contributed by atoms with Crippen molar-refractivity contribution in [3.05, 3.63) is 101 Å². The van der Waals surface area contributed by atoms with Gasteiger partial charge in [0.1, 0.15) is 0 Å². The Labute approximate surface area is 213 Å². The van der Waals surface area contributed by atoms with E-state index >= 15 is 0 Å². The summed E-state index contributed by atoms with van der Waals surface area (Å²) in [6, 6.07) is 24.0. The summed E-state index contributed by atoms with van der Waals surface area (Å²) in [6.45, 7) is 9.44. The van der Waals surface area contributed by atoms with Crippen molar-refractivity contribution in [3.63, 3.8) is 0 Å². The van der Waals surface area contributed by atoms with Crippen molar-refractivity contribution < 1.29 is 4.79 Å². The number of hydrogen-bond acceptors (Lipinski definition) is 3. The van der Waals surface area contributed by atoms with Crippen molar-refractivity contribution in [3.8, 4) is 0 Å². The molecule has 34 heavy (non-hydrogen) atoms. The molecule has 0 unspecified atom stereocenters. The number of rotatable bonds is 9. The fourth-order valence-electron chi connectivity index (χ4n) is 3.57. The van der Waals surface area contributed by atoms with Gasteiger partial charge in [0, 0.05) is 29.1 Å². The Morgan fingerprint density at radius 3 is 2.38 bits per heavy atom. The van der Waals surface area contributed by atoms with Gasteiger partial charge in [0.25, 0.3) is 0 Å². The predicted molar refractivity (Wildman–Crippen MR) is 151 cm³/mol. The van der Waals surface area contributed by atoms with Gasteiger partial charge in [-0.25, -0.2) is 0 Å². The molecular formula is C29H34N2OS2. The summed E-state index contributed by atoms with van der Waals surface area (Å²) in [5, 5.41) is 7.04. The molecule has 0 bridgehead atoms. The van der Waals surface area contributed by atoms with Gasteiger partial charge in [-0.3, -0.25) is 4.79 Å². The second-order valence-electron chi connectivity index (χ2n) is 9.51. The van der Waals surface area contributed by atoms with Crippen molar-refractivity contribution in [1.82, 2.24) is 5.32 Å². The van der Waals surface area contributed by atoms with Crippen molar-refractivity contribution >= 4 is 40.6 Å². The van der Waals surface area contributed by atoms with E-state index in [1.54, 1.807) is 0 Å². The first-order chi connectivity index (χ1) is 16.2. The summed E-state index contributed by atoms with van der Waals surface area (Å²) >= 11 is 7.38. The molecule has 0 aromatic heterocycles. The first-order valence-electron chi connectivity index (χ1n) is 11.7. The summed E-state index contributed by atoms with van der Waals surface area (Å²) in [5.74, 6) is 2.11. The molecule has 2 N–H and O–H groups in total. The minimum atomic E-state index is 0.00798. The van der Waals surface area contributed by atoms with Crippen LogP contribution in [0.1, 0.15) is 59.8 Å². The van der Waals surface area contributed by atoms with Gasteiger partial charge in [-0.15, -0.1) is 0 Å². The first kappa shape index (κ1) is 26.0. The van der Waals surface area contributed by atoms with E-state index in [-0.39, 0.29) is 11.2 Å². The molecule has 5 heteroatoms. The Balaban J connectivity index is 1.44. The zero-order valence-electron chi connectivity index (χ0n) is 20.5. The largest absolute Gasteiger partial charge is 0.362 e. The van der Waals surface area contributed by atoms with E-state index in [2.05, 4.69) is 62.6 Å². The van der Waals surface area contributed by atoms with Crippen LogP contribution in [0.5, 0.6) is 0 Å². The van der Waals surface area contributed by atoms with Crippen LogP contribution in [-0.4, -0.2) is 23.2 Å². The molecule has 0 saturated carbocycles. The van der Waals surface area contributed by atoms with E-state index in [9.17, 15) is 4.79 Å². The zero-order chi connectivity index (χ0) is 24.6. The molecule has 3 aromatic carbocycles. The molecule has 0 saturated heterocycles. The zero-order valence-corrected chi connectivity index (χ0v) is 22.1. The number of nitrogens with one attached hydrogen (secondary N) is 2. The number of anilines is 1. The fourth-order valence-corrected chi connectivity index (χ4v) is 4.70. The van der Waals surface area contributed by atoms with Gasteiger partial charge in [-0.2, -0.15) is 11.8 Å². The standard InChI is InChI=1S/C29H34N2OS2/c1-21-8-5-9-22(18-21)20-34-17-7-16-30-28(33)31-26-11-6-10-24(19-26)27(32)23-12-14-25(15-13-23)29(2,3)4/h5-6,8-15,18-19H,7,16-17,20H2,1-4H3,(H2,30,31,33). The maximum Gasteiger partial charge on any atom is 0.193 e. The number of carbonyl (C=O) groups excluding carboxylic acids is 1. The third-order valence-corrected chi connectivity index (χ3v) is 6.86. The molecule has 3 rings (SSSR count). The number of ketones is 1. The smallest absolute Gasteiger partial charge is 0.193 e. The molecule has 0 heterocycles. The first-order valence-corrected chi connectivity index (χ1v) is 13.2. The molecule has 0 atom stereocenters. The predicted octanol–water partition coefficient (Wildman–Crippen LogP) is 7.13. The summed E-state index contributed by atoms with van der Waals surface area (Å²) in [6.07, 6.45) is 1.03. The highest BCUT2D eigenvalue weighted by atomic mass is 32.2. The lowest BCUT2D eigenvalue weighted by atomic mass is 9.86. The van der Waals surface area contributed by atoms with Gasteiger partial charge in [0.05, 0.1) is 0 Å². The molecule has 0 aliphatic rings. The monoisotopic (exact) mass is 490 g/mol. The highest BCUT2D eigenvalue weighted by Crippen LogP contribution is 2.23. The Kier molecular flexibility index (Phi) is 9.31. The molecule has 0 spiro atoms. The third kappa shape index (κ3) is 8.00. The van der Waals surface area contributed by atoms with Crippen LogP contribution >= 0.6 is 24.0 Å². The normalized spacial score (nSPS) is 11.2. The summed E-state index contributed by atoms with van der Waals surface area (Å²) in [4.78, 5) is 13.0. The topological polar surface area (TPSA) is 41.1 Å². The average Bonchev–Trinajstić information content (AvgIpc) is 2.80. The van der Waals surface area contributed by atoms with Gasteiger partial charge in [-0.1, -0.05) is 87.0 Å². The molecule has 178 valence electrons. The van der Waals surface area contributed by atoms with Gasteiger partial charge < -0.3 is 10.6 Å². The van der Waals surface area contributed by atoms with E-state index in [0.717, 1.165) is 30.2 Å². The van der Waals surface area contributed by atoms with Crippen LogP contribution in [0.25, 0.3) is 0 Å². The van der Waals surface area contributed by atoms with Gasteiger partial charge in [0.2, 0.25) is 0 Å². The van der Waals surface area contributed by atoms with Crippen LogP contribution in [0.4, 0.5) is 5.69 Å². The molecule has 0 aliphatic heterocycles. The number of hydrogen-bond donors (Lipinski definition) is 2. The van der Waals surface area contributed by atoms with Crippen LogP contribution in [0, 0.1) is 6.92 Å². The lowest BCUT2D eigenvalue weighted by molar-refractivity contribution is 0.103. The van der Waals surface area contributed by atoms with Gasteiger partial charge in [0.15, 0.2) is 10.9 Å². The maximum atomic E-state index is 13.0. The van der Waals surface area contributed by atoms with E-state index in [1.165, 1.54) is 16.7 Å². The molecule has 0 amide bonds. The molecule has 0 radical (unpaired) electrons. The molecule has 0 fully saturated rings. The van der Waals surface area contributed by atoms with Crippen LogP contribution in [-0.2, 0) is 11.2 Å². The van der Waals surface area contributed by atoms with Crippen molar-refractivity contribution in [1.29, 1.82) is 0 Å². The van der Waals surface area contributed by atoms with Crippen LogP contribution < -0.4 is 10.6 Å². The molecule has 3 nitrogen and oxygen atoms in total. The number of benzene rings is 3. The summed E-state index contributed by atoms with van der Waals surface area (Å²) < 4.78 is 0. The Hall–Kier alpha value is -2.63. The van der Waals surface area contributed by atoms with E-state index < -0.39 is 0 Å². The van der Waals surface area contributed by atoms with Crippen LogP contribution in [0.3, 0.4) is 0 Å². The minimum absolute atomic E-state index is 0.00798. The maximum absolute atomic E-state index is 13.0. The third-order valence-electron chi connectivity index (χ3n) is 5.50. The fraction of sp³-hybridized carbons (Fsp3) is 0.310. The van der Waals surface area contributed by atoms with Gasteiger partial charge >= 0.3 is 0 Å². The second kappa shape index (κ2) is 12.2. The number of thiocarbonyl (C=S) groups is 1. The SMILES string of the molecule is Cc1cccc(CSCCCNC(=S)Nc2cccc(C(=O)c3ccc(C(C)(C)C)cc3)c2)c1. The minimum Gasteiger partial charge on any atom is -0.362 e. The van der Waals surface area contributed by atoms with Crippen LogP contribution in [0.15, 0.2) is 72.8 Å². The average molecular weight is 491 g/mol. The lowest BCUT2D eigenvalue weighted by Crippen LogP contribution is -2.29. The van der Waals surface area contributed by atoms with Crippen molar-refractivity contribution in [2.24, 2.45) is 0 Å². The highest BCUT2D eigenvalue weighted by molar-refractivity contribution is 7.98. The summed E-state index contributed by atoms with van der Waals surface area (Å²) in [7, 11) is 0. The Bertz CT molecular complexity index is 1120. The summed E-state index contributed by atoms with van der Waals surface area (Å²) in [5.41, 5.74) is 6.09. The Morgan fingerprint density at radius 2 is 1.68 bits per heavy atom. The number of thioether (sulfide) groups is 1. The second-order valence-corrected chi connectivity index (χ2v) is 11.0. The molecular weight excluding hydrogens is 456 g/mol. The molecule has 3 aromatic rings. The number of carbonyl (C=O) groups is 1. The van der Waals surface area contributed by atoms with E-state index in [4.69, 9.17) is 12.2 Å². The van der Waals surface area contributed by atoms with Gasteiger partial charge in [-0.05, 0) is 60.0 Å². The van der Waals surface area contributed by atoms with Crippen molar-refractivity contribution in [2.45, 2.75) is 45.3 Å². The number of aryl methyl sites for hydroxylation is 1. The lowest BCUT2D eigenvalue weighted by Gasteiger charge is -2.19. The quantitative estimate of drug-likeness (QED) is 0.190. The van der Waals surface area contributed by atoms with Crippen molar-refractivity contribution in [2.75, 3.05) is 17.6 Å². The van der Waals surface area contributed by atoms with E-state index in [1.807, 2.05) is 60.3 Å². The Morgan fingerprint density at radius 1 is 0.941 bits per heavy atom. The van der Waals surface area contributed by atoms with Crippen LogP contribution in [0.2, 0.25) is 0 Å².